The molecule has 3 aromatic rings. The third-order valence-corrected chi connectivity index (χ3v) is 10.8. The van der Waals surface area contributed by atoms with Crippen molar-refractivity contribution in [2.75, 3.05) is 49.1 Å². The average Bonchev–Trinajstić information content (AvgIpc) is 3.06. The quantitative estimate of drug-likeness (QED) is 0.260. The van der Waals surface area contributed by atoms with Gasteiger partial charge in [0.2, 0.25) is 5.91 Å². The molecule has 3 aliphatic heterocycles. The normalized spacial score (nSPS) is 23.0. The average molecular weight is 614 g/mol. The van der Waals surface area contributed by atoms with Gasteiger partial charge in [0, 0.05) is 80.6 Å². The summed E-state index contributed by atoms with van der Waals surface area (Å²) in [7, 11) is 0. The first-order valence-corrected chi connectivity index (χ1v) is 16.1. The highest BCUT2D eigenvalue weighted by Gasteiger charge is 2.40. The number of carbonyl (C=O) groups is 2. The van der Waals surface area contributed by atoms with Crippen LogP contribution in [-0.4, -0.2) is 76.7 Å². The number of nitrogens with one attached hydrogen (secondary N) is 1. The molecule has 1 aromatic heterocycles. The summed E-state index contributed by atoms with van der Waals surface area (Å²) < 4.78 is 1.23. The Kier molecular flexibility index (Phi) is 7.76. The van der Waals surface area contributed by atoms with Crippen LogP contribution in [0.25, 0.3) is 10.8 Å². The summed E-state index contributed by atoms with van der Waals surface area (Å²) in [5, 5.41) is 18.8. The highest BCUT2D eigenvalue weighted by atomic mass is 16.6. The van der Waals surface area contributed by atoms with Crippen LogP contribution in [0.3, 0.4) is 0 Å². The number of imide groups is 1. The van der Waals surface area contributed by atoms with Crippen LogP contribution in [0.1, 0.15) is 57.4 Å². The third kappa shape index (κ3) is 5.79. The van der Waals surface area contributed by atoms with Crippen molar-refractivity contribution in [3.63, 3.8) is 0 Å². The van der Waals surface area contributed by atoms with Crippen LogP contribution in [-0.2, 0) is 9.59 Å². The molecule has 0 bridgehead atoms. The molecule has 1 atom stereocenters. The predicted molar refractivity (Wildman–Crippen MR) is 170 cm³/mol. The summed E-state index contributed by atoms with van der Waals surface area (Å²) in [6.07, 6.45) is 9.31. The molecule has 1 saturated carbocycles. The van der Waals surface area contributed by atoms with E-state index >= 15 is 0 Å². The molecule has 12 heteroatoms. The van der Waals surface area contributed by atoms with Gasteiger partial charge in [0.25, 0.3) is 17.2 Å². The van der Waals surface area contributed by atoms with Crippen LogP contribution in [0.15, 0.2) is 53.5 Å². The van der Waals surface area contributed by atoms with Gasteiger partial charge < -0.3 is 9.80 Å². The minimum Gasteiger partial charge on any atom is -0.371 e. The Labute approximate surface area is 261 Å². The second kappa shape index (κ2) is 11.9. The van der Waals surface area contributed by atoms with E-state index in [0.717, 1.165) is 68.9 Å². The maximum atomic E-state index is 13.4. The lowest BCUT2D eigenvalue weighted by Crippen LogP contribution is -2.52. The molecule has 45 heavy (non-hydrogen) atoms. The molecule has 2 amide bonds. The number of benzene rings is 2. The first kappa shape index (κ1) is 29.4. The number of piperidine rings is 2. The number of rotatable bonds is 5. The molecular weight excluding hydrogens is 574 g/mol. The standard InChI is InChI=1S/C33H39N7O5/c41-30-8-7-29(31(42)35-30)39-32(43)28-21-27(2-1-23(28)22-34-39)36-15-13-33(14-16-36)11-9-25(10-12-33)38-19-17-37(18-20-38)24-3-5-26(6-4-24)40(44)45/h1-6,21-22,25,29H,7-20H2,(H,35,41,42). The lowest BCUT2D eigenvalue weighted by molar-refractivity contribution is -0.384. The van der Waals surface area contributed by atoms with Crippen molar-refractivity contribution in [1.29, 1.82) is 0 Å². The number of nitrogens with zero attached hydrogens (tertiary/aromatic N) is 6. The molecular formula is C33H39N7O5. The van der Waals surface area contributed by atoms with Crippen molar-refractivity contribution in [3.8, 4) is 0 Å². The Balaban J connectivity index is 0.938. The van der Waals surface area contributed by atoms with Crippen molar-refractivity contribution in [3.05, 3.63) is 69.1 Å². The van der Waals surface area contributed by atoms with E-state index in [4.69, 9.17) is 0 Å². The Morgan fingerprint density at radius 2 is 1.49 bits per heavy atom. The smallest absolute Gasteiger partial charge is 0.275 e. The summed E-state index contributed by atoms with van der Waals surface area (Å²) in [4.78, 5) is 55.4. The molecule has 4 heterocycles. The molecule has 236 valence electrons. The van der Waals surface area contributed by atoms with Crippen molar-refractivity contribution in [1.82, 2.24) is 20.0 Å². The van der Waals surface area contributed by atoms with E-state index in [0.29, 0.717) is 16.8 Å². The molecule has 3 saturated heterocycles. The van der Waals surface area contributed by atoms with Crippen LogP contribution in [0, 0.1) is 15.5 Å². The molecule has 0 radical (unpaired) electrons. The van der Waals surface area contributed by atoms with E-state index in [1.807, 2.05) is 24.3 Å². The number of nitro benzene ring substituents is 1. The Bertz CT molecular complexity index is 1660. The molecule has 1 aliphatic carbocycles. The van der Waals surface area contributed by atoms with Crippen molar-refractivity contribution >= 4 is 39.6 Å². The van der Waals surface area contributed by atoms with E-state index in [1.54, 1.807) is 18.3 Å². The van der Waals surface area contributed by atoms with Crippen LogP contribution >= 0.6 is 0 Å². The van der Waals surface area contributed by atoms with Gasteiger partial charge in [-0.2, -0.15) is 5.10 Å². The van der Waals surface area contributed by atoms with Crippen molar-refractivity contribution in [2.24, 2.45) is 5.41 Å². The summed E-state index contributed by atoms with van der Waals surface area (Å²) >= 11 is 0. The molecule has 2 aromatic carbocycles. The lowest BCUT2D eigenvalue weighted by Gasteiger charge is -2.49. The number of piperazine rings is 1. The number of anilines is 2. The highest BCUT2D eigenvalue weighted by Crippen LogP contribution is 2.46. The first-order valence-electron chi connectivity index (χ1n) is 16.1. The van der Waals surface area contributed by atoms with Crippen LogP contribution < -0.4 is 20.7 Å². The number of hydrogen-bond acceptors (Lipinski definition) is 9. The number of aromatic nitrogens is 2. The van der Waals surface area contributed by atoms with E-state index in [1.165, 1.54) is 30.4 Å². The van der Waals surface area contributed by atoms with E-state index in [9.17, 15) is 24.5 Å². The summed E-state index contributed by atoms with van der Waals surface area (Å²) in [6.45, 7) is 5.83. The molecule has 4 aliphatic rings. The fourth-order valence-corrected chi connectivity index (χ4v) is 7.93. The van der Waals surface area contributed by atoms with Crippen LogP contribution in [0.5, 0.6) is 0 Å². The number of amides is 2. The van der Waals surface area contributed by atoms with Gasteiger partial charge in [0.05, 0.1) is 16.5 Å². The summed E-state index contributed by atoms with van der Waals surface area (Å²) in [6, 6.07) is 12.7. The van der Waals surface area contributed by atoms with Gasteiger partial charge in [-0.15, -0.1) is 0 Å². The van der Waals surface area contributed by atoms with Gasteiger partial charge in [-0.3, -0.25) is 34.7 Å². The van der Waals surface area contributed by atoms with Gasteiger partial charge in [-0.1, -0.05) is 6.07 Å². The maximum Gasteiger partial charge on any atom is 0.275 e. The molecule has 12 nitrogen and oxygen atoms in total. The largest absolute Gasteiger partial charge is 0.371 e. The zero-order chi connectivity index (χ0) is 31.1. The van der Waals surface area contributed by atoms with E-state index in [-0.39, 0.29) is 34.9 Å². The number of non-ortho nitro benzene ring substituents is 1. The number of fused-ring (bicyclic) bond motifs is 1. The predicted octanol–water partition coefficient (Wildman–Crippen LogP) is 3.63. The fraction of sp³-hybridized carbons (Fsp3) is 0.515. The third-order valence-electron chi connectivity index (χ3n) is 10.8. The molecule has 7 rings (SSSR count). The topological polar surface area (TPSA) is 134 Å². The minimum absolute atomic E-state index is 0.130. The Hall–Kier alpha value is -4.32. The van der Waals surface area contributed by atoms with E-state index < -0.39 is 11.9 Å². The fourth-order valence-electron chi connectivity index (χ4n) is 7.93. The van der Waals surface area contributed by atoms with Gasteiger partial charge in [0.1, 0.15) is 6.04 Å². The summed E-state index contributed by atoms with van der Waals surface area (Å²) in [5.41, 5.74) is 2.29. The van der Waals surface area contributed by atoms with Crippen molar-refractivity contribution in [2.45, 2.75) is 63.5 Å². The van der Waals surface area contributed by atoms with Gasteiger partial charge >= 0.3 is 0 Å². The van der Waals surface area contributed by atoms with Gasteiger partial charge in [0.15, 0.2) is 0 Å². The van der Waals surface area contributed by atoms with Crippen LogP contribution in [0.4, 0.5) is 17.1 Å². The molecule has 1 unspecified atom stereocenters. The number of hydrogen-bond donors (Lipinski definition) is 1. The zero-order valence-electron chi connectivity index (χ0n) is 25.4. The van der Waals surface area contributed by atoms with Gasteiger partial charge in [-0.25, -0.2) is 4.68 Å². The second-order valence-corrected chi connectivity index (χ2v) is 13.1. The van der Waals surface area contributed by atoms with E-state index in [2.05, 4.69) is 31.2 Å². The maximum absolute atomic E-state index is 13.4. The van der Waals surface area contributed by atoms with Crippen molar-refractivity contribution < 1.29 is 14.5 Å². The zero-order valence-corrected chi connectivity index (χ0v) is 25.4. The Morgan fingerprint density at radius 1 is 0.822 bits per heavy atom. The first-order chi connectivity index (χ1) is 21.8. The highest BCUT2D eigenvalue weighted by molar-refractivity contribution is 5.99. The summed E-state index contributed by atoms with van der Waals surface area (Å²) in [5.74, 6) is -0.791. The lowest BCUT2D eigenvalue weighted by atomic mass is 9.66. The second-order valence-electron chi connectivity index (χ2n) is 13.1. The van der Waals surface area contributed by atoms with Gasteiger partial charge in [-0.05, 0) is 74.6 Å². The Morgan fingerprint density at radius 3 is 2.16 bits per heavy atom. The SMILES string of the molecule is O=C1CCC(n2ncc3ccc(N4CCC5(CCC(N6CCN(c7ccc([N+](=O)[O-])cc7)CC6)CC5)CC4)cc3c2=O)C(=O)N1. The number of nitro groups is 1. The molecule has 4 fully saturated rings. The monoisotopic (exact) mass is 613 g/mol. The number of carbonyl (C=O) groups excluding carboxylic acids is 2. The van der Waals surface area contributed by atoms with Crippen LogP contribution in [0.2, 0.25) is 0 Å². The molecule has 1 N–H and O–H groups in total. The minimum atomic E-state index is -0.771. The molecule has 1 spiro atoms.